The van der Waals surface area contributed by atoms with Crippen LogP contribution in [0.4, 0.5) is 0 Å². The van der Waals surface area contributed by atoms with Gasteiger partial charge in [0, 0.05) is 37.5 Å². The van der Waals surface area contributed by atoms with Crippen LogP contribution in [-0.2, 0) is 20.9 Å². The van der Waals surface area contributed by atoms with Crippen molar-refractivity contribution in [2.45, 2.75) is 57.7 Å². The van der Waals surface area contributed by atoms with Crippen molar-refractivity contribution in [1.82, 2.24) is 9.88 Å². The molecule has 0 N–H and O–H groups in total. The first-order valence-corrected chi connectivity index (χ1v) is 10.5. The maximum absolute atomic E-state index is 13.3. The zero-order valence-electron chi connectivity index (χ0n) is 16.4. The van der Waals surface area contributed by atoms with Crippen molar-refractivity contribution in [3.8, 4) is 6.07 Å². The number of pyridine rings is 1. The van der Waals surface area contributed by atoms with Crippen molar-refractivity contribution in [3.05, 3.63) is 30.1 Å². The van der Waals surface area contributed by atoms with Crippen LogP contribution in [-0.4, -0.2) is 48.2 Å². The van der Waals surface area contributed by atoms with Gasteiger partial charge >= 0.3 is 0 Å². The number of amides is 1. The van der Waals surface area contributed by atoms with Gasteiger partial charge < -0.3 is 14.4 Å². The van der Waals surface area contributed by atoms with E-state index in [1.807, 2.05) is 17.0 Å². The molecule has 1 aliphatic carbocycles. The maximum Gasteiger partial charge on any atom is 0.243 e. The van der Waals surface area contributed by atoms with Crippen molar-refractivity contribution in [2.24, 2.45) is 10.8 Å². The summed E-state index contributed by atoms with van der Waals surface area (Å²) in [6, 6.07) is 6.28. The number of hydrogen-bond donors (Lipinski definition) is 0. The fraction of sp³-hybridized carbons (Fsp3) is 0.682. The second kappa shape index (κ2) is 8.18. The van der Waals surface area contributed by atoms with E-state index < -0.39 is 5.41 Å². The van der Waals surface area contributed by atoms with Crippen LogP contribution < -0.4 is 0 Å². The molecule has 4 rings (SSSR count). The molecule has 3 aliphatic rings. The van der Waals surface area contributed by atoms with Crippen LogP contribution in [0.1, 0.15) is 50.5 Å². The van der Waals surface area contributed by atoms with E-state index in [2.05, 4.69) is 11.1 Å². The number of likely N-dealkylation sites (tertiary alicyclic amines) is 1. The molecule has 2 saturated heterocycles. The summed E-state index contributed by atoms with van der Waals surface area (Å²) >= 11 is 0. The minimum absolute atomic E-state index is 0.0324. The molecule has 0 spiro atoms. The Labute approximate surface area is 166 Å². The molecule has 2 aliphatic heterocycles. The molecule has 0 aromatic carbocycles. The van der Waals surface area contributed by atoms with Gasteiger partial charge in [-0.3, -0.25) is 9.78 Å². The number of hydrogen-bond acceptors (Lipinski definition) is 5. The van der Waals surface area contributed by atoms with Crippen molar-refractivity contribution in [2.75, 3.05) is 26.3 Å². The van der Waals surface area contributed by atoms with Gasteiger partial charge in [0.1, 0.15) is 5.41 Å². The molecule has 1 amide bonds. The monoisotopic (exact) mass is 383 g/mol. The van der Waals surface area contributed by atoms with Gasteiger partial charge in [0.25, 0.3) is 0 Å². The second-order valence-corrected chi connectivity index (χ2v) is 8.59. The molecule has 6 nitrogen and oxygen atoms in total. The molecule has 2 atom stereocenters. The third-order valence-corrected chi connectivity index (χ3v) is 6.76. The van der Waals surface area contributed by atoms with Gasteiger partial charge in [-0.25, -0.2) is 0 Å². The minimum Gasteiger partial charge on any atom is -0.377 e. The van der Waals surface area contributed by atoms with E-state index in [-0.39, 0.29) is 17.4 Å². The van der Waals surface area contributed by atoms with Gasteiger partial charge in [-0.1, -0.05) is 12.8 Å². The normalized spacial score (nSPS) is 29.1. The topological polar surface area (TPSA) is 75.5 Å². The predicted molar refractivity (Wildman–Crippen MR) is 103 cm³/mol. The maximum atomic E-state index is 13.3. The van der Waals surface area contributed by atoms with Gasteiger partial charge in [0.15, 0.2) is 0 Å². The Morgan fingerprint density at radius 3 is 2.82 bits per heavy atom. The molecular formula is C22H29N3O3. The lowest BCUT2D eigenvalue weighted by molar-refractivity contribution is -0.170. The Morgan fingerprint density at radius 1 is 1.29 bits per heavy atom. The minimum atomic E-state index is -0.804. The van der Waals surface area contributed by atoms with Crippen LogP contribution >= 0.6 is 0 Å². The number of carbonyl (C=O) groups excluding carboxylic acids is 1. The van der Waals surface area contributed by atoms with Crippen LogP contribution in [0.25, 0.3) is 0 Å². The van der Waals surface area contributed by atoms with Crippen LogP contribution in [0.5, 0.6) is 0 Å². The SMILES string of the molecule is N#CC1(C(=O)N2CCC3OCCCC3(COCc3ccncc3)C2)CCCC1. The third kappa shape index (κ3) is 3.66. The summed E-state index contributed by atoms with van der Waals surface area (Å²) in [5.74, 6) is 0.0324. The number of piperidine rings is 1. The summed E-state index contributed by atoms with van der Waals surface area (Å²) in [7, 11) is 0. The number of carbonyl (C=O) groups is 1. The predicted octanol–water partition coefficient (Wildman–Crippen LogP) is 3.08. The van der Waals surface area contributed by atoms with E-state index in [9.17, 15) is 10.1 Å². The van der Waals surface area contributed by atoms with Crippen molar-refractivity contribution < 1.29 is 14.3 Å². The molecule has 1 aromatic rings. The van der Waals surface area contributed by atoms with E-state index in [4.69, 9.17) is 9.47 Å². The molecule has 2 unspecified atom stereocenters. The van der Waals surface area contributed by atoms with Gasteiger partial charge in [0.2, 0.25) is 5.91 Å². The Morgan fingerprint density at radius 2 is 2.07 bits per heavy atom. The number of nitrogens with zero attached hydrogens (tertiary/aromatic N) is 3. The van der Waals surface area contributed by atoms with E-state index in [1.165, 1.54) is 0 Å². The van der Waals surface area contributed by atoms with Crippen LogP contribution in [0.3, 0.4) is 0 Å². The molecule has 150 valence electrons. The molecule has 0 bridgehead atoms. The summed E-state index contributed by atoms with van der Waals surface area (Å²) in [5, 5.41) is 9.73. The molecular weight excluding hydrogens is 354 g/mol. The summed E-state index contributed by atoms with van der Waals surface area (Å²) < 4.78 is 12.2. The lowest BCUT2D eigenvalue weighted by Crippen LogP contribution is -2.59. The number of nitriles is 1. The average Bonchev–Trinajstić information content (AvgIpc) is 3.24. The average molecular weight is 383 g/mol. The lowest BCUT2D eigenvalue weighted by Gasteiger charge is -2.51. The van der Waals surface area contributed by atoms with Crippen molar-refractivity contribution in [1.29, 1.82) is 5.26 Å². The Balaban J connectivity index is 1.46. The zero-order valence-corrected chi connectivity index (χ0v) is 16.4. The van der Waals surface area contributed by atoms with E-state index in [1.54, 1.807) is 12.4 Å². The first kappa shape index (κ1) is 19.4. The molecule has 3 fully saturated rings. The highest BCUT2D eigenvalue weighted by molar-refractivity contribution is 5.86. The molecule has 1 aromatic heterocycles. The summed E-state index contributed by atoms with van der Waals surface area (Å²) in [6.07, 6.45) is 9.82. The van der Waals surface area contributed by atoms with Crippen LogP contribution in [0, 0.1) is 22.2 Å². The van der Waals surface area contributed by atoms with Crippen molar-refractivity contribution >= 4 is 5.91 Å². The van der Waals surface area contributed by atoms with E-state index in [0.717, 1.165) is 44.3 Å². The number of fused-ring (bicyclic) bond motifs is 1. The van der Waals surface area contributed by atoms with Gasteiger partial charge in [-0.2, -0.15) is 5.26 Å². The Kier molecular flexibility index (Phi) is 5.65. The first-order chi connectivity index (χ1) is 13.7. The standard InChI is InChI=1S/C22H29N3O3/c23-15-21(7-1-2-8-21)20(26)25-12-6-19-22(16-25,9-3-13-28-19)17-27-14-18-4-10-24-11-5-18/h4-5,10-11,19H,1-3,6-9,12-14,16-17H2. The molecule has 0 radical (unpaired) electrons. The zero-order chi connectivity index (χ0) is 19.5. The molecule has 28 heavy (non-hydrogen) atoms. The summed E-state index contributed by atoms with van der Waals surface area (Å²) in [5.41, 5.74) is 0.119. The van der Waals surface area contributed by atoms with Crippen LogP contribution in [0.2, 0.25) is 0 Å². The Bertz CT molecular complexity index is 726. The number of aromatic nitrogens is 1. The van der Waals surface area contributed by atoms with Gasteiger partial charge in [0.05, 0.1) is 25.4 Å². The van der Waals surface area contributed by atoms with Crippen molar-refractivity contribution in [3.63, 3.8) is 0 Å². The largest absolute Gasteiger partial charge is 0.377 e. The third-order valence-electron chi connectivity index (χ3n) is 6.76. The summed E-state index contributed by atoms with van der Waals surface area (Å²) in [4.78, 5) is 19.3. The highest BCUT2D eigenvalue weighted by atomic mass is 16.5. The number of ether oxygens (including phenoxy) is 2. The van der Waals surface area contributed by atoms with E-state index >= 15 is 0 Å². The fourth-order valence-corrected chi connectivity index (χ4v) is 5.18. The van der Waals surface area contributed by atoms with E-state index in [0.29, 0.717) is 39.1 Å². The van der Waals surface area contributed by atoms with Gasteiger partial charge in [-0.15, -0.1) is 0 Å². The second-order valence-electron chi connectivity index (χ2n) is 8.59. The molecule has 6 heteroatoms. The van der Waals surface area contributed by atoms with Crippen LogP contribution in [0.15, 0.2) is 24.5 Å². The van der Waals surface area contributed by atoms with Gasteiger partial charge in [-0.05, 0) is 49.8 Å². The number of rotatable bonds is 5. The lowest BCUT2D eigenvalue weighted by atomic mass is 9.72. The first-order valence-electron chi connectivity index (χ1n) is 10.5. The molecule has 3 heterocycles. The summed E-state index contributed by atoms with van der Waals surface area (Å²) in [6.45, 7) is 3.21. The highest BCUT2D eigenvalue weighted by Crippen LogP contribution is 2.44. The fourth-order valence-electron chi connectivity index (χ4n) is 5.18. The highest BCUT2D eigenvalue weighted by Gasteiger charge is 2.51. The quantitative estimate of drug-likeness (QED) is 0.781. The Hall–Kier alpha value is -1.97. The molecule has 1 saturated carbocycles. The smallest absolute Gasteiger partial charge is 0.243 e.